The number of amides is 1. The van der Waals surface area contributed by atoms with Crippen LogP contribution in [0.25, 0.3) is 0 Å². The van der Waals surface area contributed by atoms with Crippen molar-refractivity contribution < 1.29 is 4.79 Å². The number of amidine groups is 1. The smallest absolute Gasteiger partial charge is 0.216 e. The molecule has 58 valence electrons. The Balaban J connectivity index is 3.21. The van der Waals surface area contributed by atoms with Crippen molar-refractivity contribution in [3.8, 4) is 0 Å². The van der Waals surface area contributed by atoms with Crippen LogP contribution in [0, 0.1) is 0 Å². The number of rotatable bonds is 3. The fraction of sp³-hybridized carbons (Fsp3) is 0.667. The molecule has 0 atom stereocenters. The van der Waals surface area contributed by atoms with E-state index in [4.69, 9.17) is 5.73 Å². The van der Waals surface area contributed by atoms with Gasteiger partial charge in [0.15, 0.2) is 0 Å². The van der Waals surface area contributed by atoms with E-state index in [1.165, 1.54) is 6.92 Å². The largest absolute Gasteiger partial charge is 0.388 e. The summed E-state index contributed by atoms with van der Waals surface area (Å²) >= 11 is 0. The van der Waals surface area contributed by atoms with Gasteiger partial charge in [-0.15, -0.1) is 0 Å². The zero-order chi connectivity index (χ0) is 7.98. The molecular formula is C6H13N3O. The van der Waals surface area contributed by atoms with Gasteiger partial charge in [-0.05, 0) is 6.92 Å². The van der Waals surface area contributed by atoms with Crippen LogP contribution >= 0.6 is 0 Å². The van der Waals surface area contributed by atoms with Crippen LogP contribution in [0.4, 0.5) is 0 Å². The average Bonchev–Trinajstić information content (AvgIpc) is 1.79. The average molecular weight is 143 g/mol. The molecular weight excluding hydrogens is 130 g/mol. The summed E-state index contributed by atoms with van der Waals surface area (Å²) in [4.78, 5) is 14.2. The molecule has 0 aliphatic carbocycles. The molecule has 0 aliphatic rings. The number of nitrogens with zero attached hydrogens (tertiary/aromatic N) is 1. The SMILES string of the molecule is CC(=O)NCCN=C(C)N. The van der Waals surface area contributed by atoms with Crippen LogP contribution in [0.15, 0.2) is 4.99 Å². The molecule has 0 aromatic rings. The first-order valence-corrected chi connectivity index (χ1v) is 3.14. The maximum Gasteiger partial charge on any atom is 0.216 e. The van der Waals surface area contributed by atoms with Gasteiger partial charge in [-0.1, -0.05) is 0 Å². The molecule has 10 heavy (non-hydrogen) atoms. The summed E-state index contributed by atoms with van der Waals surface area (Å²) in [7, 11) is 0. The van der Waals surface area contributed by atoms with Crippen molar-refractivity contribution in [3.63, 3.8) is 0 Å². The predicted molar refractivity (Wildman–Crippen MR) is 40.8 cm³/mol. The Morgan fingerprint density at radius 2 is 2.20 bits per heavy atom. The van der Waals surface area contributed by atoms with Crippen LogP contribution in [-0.2, 0) is 4.79 Å². The first-order chi connectivity index (χ1) is 4.63. The summed E-state index contributed by atoms with van der Waals surface area (Å²) in [6.07, 6.45) is 0. The number of hydrogen-bond acceptors (Lipinski definition) is 2. The lowest BCUT2D eigenvalue weighted by Gasteiger charge is -1.96. The molecule has 0 aromatic heterocycles. The van der Waals surface area contributed by atoms with Gasteiger partial charge >= 0.3 is 0 Å². The van der Waals surface area contributed by atoms with Gasteiger partial charge in [0.25, 0.3) is 0 Å². The van der Waals surface area contributed by atoms with Gasteiger partial charge in [-0.3, -0.25) is 9.79 Å². The molecule has 0 radical (unpaired) electrons. The van der Waals surface area contributed by atoms with Crippen LogP contribution < -0.4 is 11.1 Å². The molecule has 3 N–H and O–H groups in total. The Morgan fingerprint density at radius 3 is 2.60 bits per heavy atom. The number of nitrogens with one attached hydrogen (secondary N) is 1. The van der Waals surface area contributed by atoms with Crippen molar-refractivity contribution in [2.45, 2.75) is 13.8 Å². The molecule has 0 fully saturated rings. The maximum absolute atomic E-state index is 10.3. The second-order valence-corrected chi connectivity index (χ2v) is 2.01. The topological polar surface area (TPSA) is 67.5 Å². The van der Waals surface area contributed by atoms with E-state index in [9.17, 15) is 4.79 Å². The van der Waals surface area contributed by atoms with Gasteiger partial charge in [0.1, 0.15) is 0 Å². The minimum Gasteiger partial charge on any atom is -0.388 e. The zero-order valence-electron chi connectivity index (χ0n) is 6.35. The Kier molecular flexibility index (Phi) is 4.28. The Labute approximate surface area is 60.5 Å². The third kappa shape index (κ3) is 6.94. The molecule has 4 heteroatoms. The predicted octanol–water partition coefficient (Wildman–Crippen LogP) is -0.500. The fourth-order valence-corrected chi connectivity index (χ4v) is 0.464. The number of carbonyl (C=O) groups is 1. The van der Waals surface area contributed by atoms with Crippen LogP contribution in [0.2, 0.25) is 0 Å². The molecule has 0 heterocycles. The third-order valence-corrected chi connectivity index (χ3v) is 0.847. The van der Waals surface area contributed by atoms with Gasteiger partial charge in [0.2, 0.25) is 5.91 Å². The molecule has 0 aliphatic heterocycles. The highest BCUT2D eigenvalue weighted by molar-refractivity contribution is 5.77. The molecule has 0 spiro atoms. The van der Waals surface area contributed by atoms with E-state index in [2.05, 4.69) is 10.3 Å². The van der Waals surface area contributed by atoms with Crippen LogP contribution in [0.5, 0.6) is 0 Å². The van der Waals surface area contributed by atoms with Gasteiger partial charge in [0.05, 0.1) is 12.4 Å². The molecule has 0 bridgehead atoms. The van der Waals surface area contributed by atoms with E-state index in [0.29, 0.717) is 18.9 Å². The number of carbonyl (C=O) groups excluding carboxylic acids is 1. The van der Waals surface area contributed by atoms with Gasteiger partial charge in [0, 0.05) is 13.5 Å². The number of hydrogen-bond donors (Lipinski definition) is 2. The minimum absolute atomic E-state index is 0.0372. The number of aliphatic imine (C=N–C) groups is 1. The van der Waals surface area contributed by atoms with Crippen molar-refractivity contribution in [2.24, 2.45) is 10.7 Å². The van der Waals surface area contributed by atoms with Gasteiger partial charge in [-0.25, -0.2) is 0 Å². The van der Waals surface area contributed by atoms with Crippen molar-refractivity contribution >= 4 is 11.7 Å². The number of nitrogens with two attached hydrogens (primary N) is 1. The standard InChI is InChI=1S/C6H13N3O/c1-5(7)8-3-4-9-6(2)10/h3-4H2,1-2H3,(H2,7,8)(H,9,10). The summed E-state index contributed by atoms with van der Waals surface area (Å²) in [5.74, 6) is 0.509. The lowest BCUT2D eigenvalue weighted by atomic mass is 10.6. The first kappa shape index (κ1) is 8.94. The van der Waals surface area contributed by atoms with E-state index in [1.807, 2.05) is 0 Å². The highest BCUT2D eigenvalue weighted by Crippen LogP contribution is 1.69. The van der Waals surface area contributed by atoms with Crippen LogP contribution in [0.3, 0.4) is 0 Å². The minimum atomic E-state index is -0.0372. The lowest BCUT2D eigenvalue weighted by molar-refractivity contribution is -0.118. The van der Waals surface area contributed by atoms with E-state index in [-0.39, 0.29) is 5.91 Å². The summed E-state index contributed by atoms with van der Waals surface area (Å²) < 4.78 is 0. The van der Waals surface area contributed by atoms with Crippen molar-refractivity contribution in [2.75, 3.05) is 13.1 Å². The molecule has 0 rings (SSSR count). The molecule has 4 nitrogen and oxygen atoms in total. The van der Waals surface area contributed by atoms with E-state index in [1.54, 1.807) is 6.92 Å². The molecule has 0 saturated heterocycles. The second kappa shape index (κ2) is 4.78. The van der Waals surface area contributed by atoms with Crippen molar-refractivity contribution in [1.29, 1.82) is 0 Å². The molecule has 1 amide bonds. The Morgan fingerprint density at radius 1 is 1.60 bits per heavy atom. The summed E-state index contributed by atoms with van der Waals surface area (Å²) in [5.41, 5.74) is 5.25. The van der Waals surface area contributed by atoms with Crippen LogP contribution in [-0.4, -0.2) is 24.8 Å². The lowest BCUT2D eigenvalue weighted by Crippen LogP contribution is -2.23. The van der Waals surface area contributed by atoms with Crippen LogP contribution in [0.1, 0.15) is 13.8 Å². The molecule has 0 aromatic carbocycles. The van der Waals surface area contributed by atoms with Crippen molar-refractivity contribution in [3.05, 3.63) is 0 Å². The molecule has 0 saturated carbocycles. The summed E-state index contributed by atoms with van der Waals surface area (Å²) in [6.45, 7) is 4.30. The summed E-state index contributed by atoms with van der Waals surface area (Å²) in [5, 5.41) is 2.60. The maximum atomic E-state index is 10.3. The van der Waals surface area contributed by atoms with Crippen molar-refractivity contribution in [1.82, 2.24) is 5.32 Å². The third-order valence-electron chi connectivity index (χ3n) is 0.847. The van der Waals surface area contributed by atoms with E-state index in [0.717, 1.165) is 0 Å². The Bertz CT molecular complexity index is 138. The highest BCUT2D eigenvalue weighted by Gasteiger charge is 1.87. The first-order valence-electron chi connectivity index (χ1n) is 3.14. The summed E-state index contributed by atoms with van der Waals surface area (Å²) in [6, 6.07) is 0. The van der Waals surface area contributed by atoms with Gasteiger partial charge in [-0.2, -0.15) is 0 Å². The van der Waals surface area contributed by atoms with Gasteiger partial charge < -0.3 is 11.1 Å². The van der Waals surface area contributed by atoms with E-state index >= 15 is 0 Å². The quantitative estimate of drug-likeness (QED) is 0.318. The van der Waals surface area contributed by atoms with E-state index < -0.39 is 0 Å². The highest BCUT2D eigenvalue weighted by atomic mass is 16.1. The normalized spacial score (nSPS) is 11.2. The Hall–Kier alpha value is -1.06. The fourth-order valence-electron chi connectivity index (χ4n) is 0.464. The molecule has 0 unspecified atom stereocenters. The zero-order valence-corrected chi connectivity index (χ0v) is 6.35. The monoisotopic (exact) mass is 143 g/mol. The second-order valence-electron chi connectivity index (χ2n) is 2.01.